The number of unbranched alkanes of at least 4 members (excludes halogenated alkanes) is 1. The highest BCUT2D eigenvalue weighted by atomic mass is 16.5. The summed E-state index contributed by atoms with van der Waals surface area (Å²) in [6.45, 7) is 4.10. The van der Waals surface area contributed by atoms with E-state index in [2.05, 4.69) is 34.1 Å². The van der Waals surface area contributed by atoms with Gasteiger partial charge >= 0.3 is 0 Å². The maximum absolute atomic E-state index is 6.01. The molecule has 1 atom stereocenters. The first-order valence-corrected chi connectivity index (χ1v) is 8.87. The SMILES string of the molecule is NC(Cc1ccccn1)OCCCCN1CCc2ccccc2C1. The Morgan fingerprint density at radius 1 is 1.08 bits per heavy atom. The van der Waals surface area contributed by atoms with Crippen LogP contribution in [0.5, 0.6) is 0 Å². The Kier molecular flexibility index (Phi) is 6.35. The van der Waals surface area contributed by atoms with Gasteiger partial charge in [-0.05, 0) is 49.1 Å². The Hall–Kier alpha value is -1.75. The normalized spacial score (nSPS) is 15.9. The molecule has 128 valence electrons. The van der Waals surface area contributed by atoms with Crippen LogP contribution in [-0.2, 0) is 24.1 Å². The molecular formula is C20H27N3O. The molecule has 1 aliphatic heterocycles. The van der Waals surface area contributed by atoms with Gasteiger partial charge in [0.05, 0.1) is 0 Å². The molecule has 4 heteroatoms. The van der Waals surface area contributed by atoms with Crippen molar-refractivity contribution in [3.8, 4) is 0 Å². The highest BCUT2D eigenvalue weighted by Crippen LogP contribution is 2.18. The van der Waals surface area contributed by atoms with E-state index in [1.807, 2.05) is 18.2 Å². The Labute approximate surface area is 144 Å². The maximum Gasteiger partial charge on any atom is 0.111 e. The number of nitrogens with two attached hydrogens (primary N) is 1. The zero-order valence-electron chi connectivity index (χ0n) is 14.2. The third-order valence-corrected chi connectivity index (χ3v) is 4.55. The molecule has 0 bridgehead atoms. The van der Waals surface area contributed by atoms with E-state index in [9.17, 15) is 0 Å². The highest BCUT2D eigenvalue weighted by molar-refractivity contribution is 5.28. The minimum Gasteiger partial charge on any atom is -0.363 e. The van der Waals surface area contributed by atoms with Gasteiger partial charge in [-0.2, -0.15) is 0 Å². The molecule has 0 radical (unpaired) electrons. The largest absolute Gasteiger partial charge is 0.363 e. The summed E-state index contributed by atoms with van der Waals surface area (Å²) in [6, 6.07) is 14.7. The molecule has 0 saturated carbocycles. The molecule has 1 aromatic heterocycles. The van der Waals surface area contributed by atoms with Crippen molar-refractivity contribution in [2.24, 2.45) is 5.73 Å². The molecular weight excluding hydrogens is 298 g/mol. The van der Waals surface area contributed by atoms with E-state index < -0.39 is 0 Å². The van der Waals surface area contributed by atoms with E-state index in [1.165, 1.54) is 17.5 Å². The fraction of sp³-hybridized carbons (Fsp3) is 0.450. The molecule has 2 heterocycles. The van der Waals surface area contributed by atoms with Crippen LogP contribution in [0.15, 0.2) is 48.7 Å². The van der Waals surface area contributed by atoms with Gasteiger partial charge in [-0.3, -0.25) is 9.88 Å². The lowest BCUT2D eigenvalue weighted by molar-refractivity contribution is 0.0533. The molecule has 0 aliphatic carbocycles. The minimum absolute atomic E-state index is 0.262. The zero-order valence-corrected chi connectivity index (χ0v) is 14.2. The predicted molar refractivity (Wildman–Crippen MR) is 96.5 cm³/mol. The number of aromatic nitrogens is 1. The summed E-state index contributed by atoms with van der Waals surface area (Å²) in [5.41, 5.74) is 9.99. The summed E-state index contributed by atoms with van der Waals surface area (Å²) in [7, 11) is 0. The molecule has 1 aliphatic rings. The van der Waals surface area contributed by atoms with Gasteiger partial charge in [0.2, 0.25) is 0 Å². The number of hydrogen-bond donors (Lipinski definition) is 1. The van der Waals surface area contributed by atoms with E-state index >= 15 is 0 Å². The maximum atomic E-state index is 6.01. The second-order valence-electron chi connectivity index (χ2n) is 6.44. The highest BCUT2D eigenvalue weighted by Gasteiger charge is 2.14. The van der Waals surface area contributed by atoms with Crippen LogP contribution in [-0.4, -0.2) is 35.8 Å². The molecule has 0 spiro atoms. The van der Waals surface area contributed by atoms with Crippen molar-refractivity contribution in [1.82, 2.24) is 9.88 Å². The Bertz CT molecular complexity index is 617. The van der Waals surface area contributed by atoms with Gasteiger partial charge in [0.25, 0.3) is 0 Å². The number of hydrogen-bond acceptors (Lipinski definition) is 4. The van der Waals surface area contributed by atoms with E-state index in [-0.39, 0.29) is 6.23 Å². The fourth-order valence-electron chi connectivity index (χ4n) is 3.20. The zero-order chi connectivity index (χ0) is 16.6. The van der Waals surface area contributed by atoms with Crippen LogP contribution in [0.4, 0.5) is 0 Å². The summed E-state index contributed by atoms with van der Waals surface area (Å²) in [5.74, 6) is 0. The van der Waals surface area contributed by atoms with Crippen molar-refractivity contribution < 1.29 is 4.74 Å². The van der Waals surface area contributed by atoms with Crippen LogP contribution >= 0.6 is 0 Å². The van der Waals surface area contributed by atoms with Gasteiger partial charge in [-0.25, -0.2) is 0 Å². The summed E-state index contributed by atoms with van der Waals surface area (Å²) >= 11 is 0. The van der Waals surface area contributed by atoms with Gasteiger partial charge in [0.15, 0.2) is 0 Å². The molecule has 1 unspecified atom stereocenters. The molecule has 1 aromatic carbocycles. The van der Waals surface area contributed by atoms with Crippen LogP contribution < -0.4 is 5.73 Å². The van der Waals surface area contributed by atoms with Crippen LogP contribution in [0.3, 0.4) is 0 Å². The third kappa shape index (κ3) is 5.13. The van der Waals surface area contributed by atoms with Crippen molar-refractivity contribution in [1.29, 1.82) is 0 Å². The lowest BCUT2D eigenvalue weighted by Crippen LogP contribution is -2.31. The van der Waals surface area contributed by atoms with Gasteiger partial charge in [0, 0.05) is 38.0 Å². The van der Waals surface area contributed by atoms with Crippen molar-refractivity contribution in [2.45, 2.75) is 38.5 Å². The monoisotopic (exact) mass is 325 g/mol. The summed E-state index contributed by atoms with van der Waals surface area (Å²) < 4.78 is 5.71. The van der Waals surface area contributed by atoms with Crippen LogP contribution in [0.1, 0.15) is 29.7 Å². The molecule has 2 N–H and O–H groups in total. The number of ether oxygens (including phenoxy) is 1. The average molecular weight is 325 g/mol. The van der Waals surface area contributed by atoms with Crippen LogP contribution in [0.25, 0.3) is 0 Å². The summed E-state index contributed by atoms with van der Waals surface area (Å²) in [6.07, 6.45) is 5.57. The molecule has 24 heavy (non-hydrogen) atoms. The molecule has 0 amide bonds. The molecule has 3 rings (SSSR count). The molecule has 0 saturated heterocycles. The second kappa shape index (κ2) is 8.92. The fourth-order valence-corrected chi connectivity index (χ4v) is 3.20. The summed E-state index contributed by atoms with van der Waals surface area (Å²) in [5, 5.41) is 0. The number of fused-ring (bicyclic) bond motifs is 1. The number of rotatable bonds is 8. The number of nitrogens with zero attached hydrogens (tertiary/aromatic N) is 2. The van der Waals surface area contributed by atoms with E-state index in [0.717, 1.165) is 44.8 Å². The lowest BCUT2D eigenvalue weighted by atomic mass is 10.00. The van der Waals surface area contributed by atoms with Crippen molar-refractivity contribution in [2.75, 3.05) is 19.7 Å². The second-order valence-corrected chi connectivity index (χ2v) is 6.44. The Balaban J connectivity index is 1.29. The number of benzene rings is 1. The van der Waals surface area contributed by atoms with E-state index in [4.69, 9.17) is 10.5 Å². The van der Waals surface area contributed by atoms with Crippen LogP contribution in [0, 0.1) is 0 Å². The topological polar surface area (TPSA) is 51.4 Å². The van der Waals surface area contributed by atoms with E-state index in [1.54, 1.807) is 6.20 Å². The first-order chi connectivity index (χ1) is 11.8. The first-order valence-electron chi connectivity index (χ1n) is 8.87. The Morgan fingerprint density at radius 2 is 1.92 bits per heavy atom. The molecule has 4 nitrogen and oxygen atoms in total. The Morgan fingerprint density at radius 3 is 2.75 bits per heavy atom. The van der Waals surface area contributed by atoms with E-state index in [0.29, 0.717) is 6.42 Å². The van der Waals surface area contributed by atoms with Crippen molar-refractivity contribution in [3.63, 3.8) is 0 Å². The van der Waals surface area contributed by atoms with Gasteiger partial charge in [-0.1, -0.05) is 30.3 Å². The summed E-state index contributed by atoms with van der Waals surface area (Å²) in [4.78, 5) is 6.81. The third-order valence-electron chi connectivity index (χ3n) is 4.55. The van der Waals surface area contributed by atoms with Crippen molar-refractivity contribution >= 4 is 0 Å². The smallest absolute Gasteiger partial charge is 0.111 e. The number of pyridine rings is 1. The molecule has 0 fully saturated rings. The first kappa shape index (κ1) is 17.1. The predicted octanol–water partition coefficient (Wildman–Crippen LogP) is 2.76. The minimum atomic E-state index is -0.262. The molecule has 2 aromatic rings. The quantitative estimate of drug-likeness (QED) is 0.599. The van der Waals surface area contributed by atoms with Gasteiger partial charge in [-0.15, -0.1) is 0 Å². The van der Waals surface area contributed by atoms with Crippen molar-refractivity contribution in [3.05, 3.63) is 65.5 Å². The van der Waals surface area contributed by atoms with Crippen LogP contribution in [0.2, 0.25) is 0 Å². The van der Waals surface area contributed by atoms with Gasteiger partial charge in [0.1, 0.15) is 6.23 Å². The average Bonchev–Trinajstić information content (AvgIpc) is 2.62. The lowest BCUT2D eigenvalue weighted by Gasteiger charge is -2.28. The van der Waals surface area contributed by atoms with Gasteiger partial charge < -0.3 is 10.5 Å². The standard InChI is InChI=1S/C20H27N3O/c21-20(15-19-9-3-4-11-22-19)24-14-6-5-12-23-13-10-17-7-1-2-8-18(17)16-23/h1-4,7-9,11,20H,5-6,10,12-16,21H2.